The topological polar surface area (TPSA) is 67.4 Å². The molecule has 2 amide bonds. The molecule has 1 aromatic rings. The van der Waals surface area contributed by atoms with E-state index in [2.05, 4.69) is 10.6 Å². The van der Waals surface area contributed by atoms with Gasteiger partial charge in [-0.15, -0.1) is 0 Å². The molecule has 1 fully saturated rings. The van der Waals surface area contributed by atoms with Gasteiger partial charge >= 0.3 is 0 Å². The van der Waals surface area contributed by atoms with Crippen molar-refractivity contribution in [1.82, 2.24) is 5.32 Å². The molecule has 20 heavy (non-hydrogen) atoms. The number of rotatable bonds is 6. The Bertz CT molecular complexity index is 502. The molecule has 0 saturated heterocycles. The van der Waals surface area contributed by atoms with Crippen LogP contribution >= 0.6 is 0 Å². The molecule has 1 aliphatic rings. The number of amides is 2. The molecule has 1 aromatic carbocycles. The highest BCUT2D eigenvalue weighted by Gasteiger charge is 2.47. The number of para-hydroxylation sites is 2. The molecular formula is C15H20N2O3. The molecule has 0 heterocycles. The van der Waals surface area contributed by atoms with Crippen molar-refractivity contribution in [2.75, 3.05) is 19.0 Å². The van der Waals surface area contributed by atoms with Gasteiger partial charge in [0.1, 0.15) is 5.75 Å². The van der Waals surface area contributed by atoms with Crippen LogP contribution in [0.1, 0.15) is 19.8 Å². The van der Waals surface area contributed by atoms with Crippen molar-refractivity contribution >= 4 is 17.5 Å². The largest absolute Gasteiger partial charge is 0.495 e. The van der Waals surface area contributed by atoms with Gasteiger partial charge in [0.15, 0.2) is 0 Å². The van der Waals surface area contributed by atoms with Crippen LogP contribution in [0.25, 0.3) is 0 Å². The summed E-state index contributed by atoms with van der Waals surface area (Å²) in [7, 11) is 1.56. The summed E-state index contributed by atoms with van der Waals surface area (Å²) in [6.07, 6.45) is 1.52. The summed E-state index contributed by atoms with van der Waals surface area (Å²) in [5.41, 5.74) is 0.639. The second-order valence-electron chi connectivity index (χ2n) is 4.93. The molecule has 2 unspecified atom stereocenters. The minimum absolute atomic E-state index is 0.0213. The first kappa shape index (κ1) is 14.4. The summed E-state index contributed by atoms with van der Waals surface area (Å²) in [6, 6.07) is 7.24. The molecule has 0 radical (unpaired) electrons. The van der Waals surface area contributed by atoms with Crippen LogP contribution in [0.4, 0.5) is 5.69 Å². The second kappa shape index (κ2) is 6.41. The number of ether oxygens (including phenoxy) is 1. The normalized spacial score (nSPS) is 20.1. The zero-order valence-electron chi connectivity index (χ0n) is 11.8. The van der Waals surface area contributed by atoms with Gasteiger partial charge in [-0.1, -0.05) is 19.1 Å². The molecule has 2 rings (SSSR count). The first-order chi connectivity index (χ1) is 9.67. The summed E-state index contributed by atoms with van der Waals surface area (Å²) in [5, 5.41) is 5.64. The summed E-state index contributed by atoms with van der Waals surface area (Å²) in [5.74, 6) is 0.0692. The van der Waals surface area contributed by atoms with Crippen LogP contribution in [-0.4, -0.2) is 25.5 Å². The van der Waals surface area contributed by atoms with Crippen molar-refractivity contribution in [3.63, 3.8) is 0 Å². The van der Waals surface area contributed by atoms with E-state index in [1.807, 2.05) is 19.1 Å². The molecular weight excluding hydrogens is 256 g/mol. The molecule has 1 aliphatic carbocycles. The summed E-state index contributed by atoms with van der Waals surface area (Å²) in [4.78, 5) is 23.8. The first-order valence-corrected chi connectivity index (χ1v) is 6.89. The summed E-state index contributed by atoms with van der Waals surface area (Å²) in [6.45, 7) is 2.66. The lowest BCUT2D eigenvalue weighted by atomic mass is 10.2. The monoisotopic (exact) mass is 276 g/mol. The number of hydrogen-bond donors (Lipinski definition) is 2. The highest BCUT2D eigenvalue weighted by atomic mass is 16.5. The van der Waals surface area contributed by atoms with Gasteiger partial charge in [-0.05, 0) is 25.0 Å². The molecule has 0 aromatic heterocycles. The molecule has 2 N–H and O–H groups in total. The van der Waals surface area contributed by atoms with Crippen LogP contribution in [0.2, 0.25) is 0 Å². The van der Waals surface area contributed by atoms with E-state index in [9.17, 15) is 9.59 Å². The van der Waals surface area contributed by atoms with E-state index >= 15 is 0 Å². The van der Waals surface area contributed by atoms with E-state index in [1.54, 1.807) is 19.2 Å². The summed E-state index contributed by atoms with van der Waals surface area (Å²) >= 11 is 0. The Morgan fingerprint density at radius 3 is 2.65 bits per heavy atom. The number of nitrogens with one attached hydrogen (secondary N) is 2. The maximum atomic E-state index is 12.1. The third-order valence-corrected chi connectivity index (χ3v) is 3.38. The number of carbonyl (C=O) groups excluding carboxylic acids is 2. The molecule has 0 spiro atoms. The lowest BCUT2D eigenvalue weighted by Gasteiger charge is -2.09. The van der Waals surface area contributed by atoms with E-state index in [1.165, 1.54) is 0 Å². The van der Waals surface area contributed by atoms with Crippen LogP contribution in [0.3, 0.4) is 0 Å². The molecule has 0 aliphatic heterocycles. The molecule has 5 nitrogen and oxygen atoms in total. The second-order valence-corrected chi connectivity index (χ2v) is 4.93. The van der Waals surface area contributed by atoms with Crippen LogP contribution in [-0.2, 0) is 9.59 Å². The fourth-order valence-electron chi connectivity index (χ4n) is 2.13. The van der Waals surface area contributed by atoms with E-state index in [0.717, 1.165) is 6.42 Å². The van der Waals surface area contributed by atoms with Gasteiger partial charge in [0, 0.05) is 6.54 Å². The lowest BCUT2D eigenvalue weighted by molar-refractivity contribution is -0.125. The average Bonchev–Trinajstić information content (AvgIpc) is 3.26. The Labute approximate surface area is 118 Å². The van der Waals surface area contributed by atoms with Gasteiger partial charge in [-0.2, -0.15) is 0 Å². The lowest BCUT2D eigenvalue weighted by Crippen LogP contribution is -2.28. The van der Waals surface area contributed by atoms with Crippen molar-refractivity contribution in [1.29, 1.82) is 0 Å². The number of methoxy groups -OCH3 is 1. The van der Waals surface area contributed by atoms with Crippen molar-refractivity contribution < 1.29 is 14.3 Å². The highest BCUT2D eigenvalue weighted by molar-refractivity contribution is 6.00. The van der Waals surface area contributed by atoms with E-state index in [-0.39, 0.29) is 23.7 Å². The van der Waals surface area contributed by atoms with Gasteiger partial charge < -0.3 is 15.4 Å². The average molecular weight is 276 g/mol. The molecule has 5 heteroatoms. The Balaban J connectivity index is 1.89. The highest BCUT2D eigenvalue weighted by Crippen LogP contribution is 2.40. The Morgan fingerprint density at radius 1 is 1.25 bits per heavy atom. The molecule has 2 atom stereocenters. The number of anilines is 1. The summed E-state index contributed by atoms with van der Waals surface area (Å²) < 4.78 is 5.18. The van der Waals surface area contributed by atoms with Crippen molar-refractivity contribution in [2.45, 2.75) is 19.8 Å². The fraction of sp³-hybridized carbons (Fsp3) is 0.467. The quantitative estimate of drug-likeness (QED) is 0.832. The molecule has 1 saturated carbocycles. The van der Waals surface area contributed by atoms with Crippen LogP contribution < -0.4 is 15.4 Å². The zero-order valence-corrected chi connectivity index (χ0v) is 11.8. The van der Waals surface area contributed by atoms with Crippen molar-refractivity contribution in [2.24, 2.45) is 11.8 Å². The van der Waals surface area contributed by atoms with Crippen LogP contribution in [0.15, 0.2) is 24.3 Å². The van der Waals surface area contributed by atoms with E-state index in [4.69, 9.17) is 4.74 Å². The van der Waals surface area contributed by atoms with Gasteiger partial charge in [0.25, 0.3) is 0 Å². The van der Waals surface area contributed by atoms with Gasteiger partial charge in [0.05, 0.1) is 24.6 Å². The molecule has 108 valence electrons. The van der Waals surface area contributed by atoms with Gasteiger partial charge in [0.2, 0.25) is 11.8 Å². The Hall–Kier alpha value is -2.04. The number of benzene rings is 1. The Morgan fingerprint density at radius 2 is 1.95 bits per heavy atom. The standard InChI is InChI=1S/C15H20N2O3/c1-3-8-16-14(18)10-9-11(10)15(19)17-12-6-4-5-7-13(12)20-2/h4-7,10-11H,3,8-9H2,1-2H3,(H,16,18)(H,17,19). The first-order valence-electron chi connectivity index (χ1n) is 6.89. The minimum Gasteiger partial charge on any atom is -0.495 e. The smallest absolute Gasteiger partial charge is 0.228 e. The SMILES string of the molecule is CCCNC(=O)C1CC1C(=O)Nc1ccccc1OC. The molecule has 0 bridgehead atoms. The number of carbonyl (C=O) groups is 2. The maximum absolute atomic E-state index is 12.1. The predicted molar refractivity (Wildman–Crippen MR) is 76.5 cm³/mol. The number of hydrogen-bond acceptors (Lipinski definition) is 3. The zero-order chi connectivity index (χ0) is 14.5. The van der Waals surface area contributed by atoms with Crippen LogP contribution in [0.5, 0.6) is 5.75 Å². The van der Waals surface area contributed by atoms with Gasteiger partial charge in [-0.3, -0.25) is 9.59 Å². The Kier molecular flexibility index (Phi) is 4.61. The van der Waals surface area contributed by atoms with E-state index in [0.29, 0.717) is 24.4 Å². The van der Waals surface area contributed by atoms with Crippen molar-refractivity contribution in [3.8, 4) is 5.75 Å². The fourth-order valence-corrected chi connectivity index (χ4v) is 2.13. The van der Waals surface area contributed by atoms with Crippen LogP contribution in [0, 0.1) is 11.8 Å². The third kappa shape index (κ3) is 3.29. The third-order valence-electron chi connectivity index (χ3n) is 3.38. The van der Waals surface area contributed by atoms with Crippen molar-refractivity contribution in [3.05, 3.63) is 24.3 Å². The minimum atomic E-state index is -0.225. The van der Waals surface area contributed by atoms with E-state index < -0.39 is 0 Å². The predicted octanol–water partition coefficient (Wildman–Crippen LogP) is 1.80. The maximum Gasteiger partial charge on any atom is 0.228 e. The van der Waals surface area contributed by atoms with Gasteiger partial charge in [-0.25, -0.2) is 0 Å².